The Hall–Kier alpha value is 0.330. The highest BCUT2D eigenvalue weighted by Crippen LogP contribution is 2.19. The van der Waals surface area contributed by atoms with Gasteiger partial charge >= 0.3 is 0 Å². The fourth-order valence-electron chi connectivity index (χ4n) is 0.633. The maximum absolute atomic E-state index is 4.00. The van der Waals surface area contributed by atoms with Crippen molar-refractivity contribution in [1.82, 2.24) is 4.98 Å². The molecule has 1 heterocycles. The number of nitrogens with zero attached hydrogens (tertiary/aromatic N) is 1. The van der Waals surface area contributed by atoms with Crippen LogP contribution < -0.4 is 0 Å². The minimum Gasteiger partial charge on any atom is -0.263 e. The van der Waals surface area contributed by atoms with Crippen LogP contribution in [0.3, 0.4) is 0 Å². The summed E-state index contributed by atoms with van der Waals surface area (Å²) >= 11 is 9.87. The summed E-state index contributed by atoms with van der Waals surface area (Å²) in [6, 6.07) is 1.98. The van der Waals surface area contributed by atoms with E-state index >= 15 is 0 Å². The molecule has 0 fully saturated rings. The van der Waals surface area contributed by atoms with Crippen LogP contribution in [0.25, 0.3) is 6.08 Å². The monoisotopic (exact) mass is 339 g/mol. The van der Waals surface area contributed by atoms with Crippen LogP contribution in [0.2, 0.25) is 0 Å². The molecule has 0 unspecified atom stereocenters. The number of hydrogen-bond acceptors (Lipinski definition) is 1. The van der Waals surface area contributed by atoms with Crippen molar-refractivity contribution < 1.29 is 0 Å². The molecule has 1 aromatic rings. The smallest absolute Gasteiger partial charge is 0.0610 e. The van der Waals surface area contributed by atoms with Gasteiger partial charge in [0.05, 0.1) is 3.39 Å². The lowest BCUT2D eigenvalue weighted by Crippen LogP contribution is -1.75. The zero-order valence-electron chi connectivity index (χ0n) is 5.39. The standard InChI is InChI=1S/C7H4Br3N/c8-6-1-5(2-7(9)10)3-11-4-6/h1-4H. The Morgan fingerprint density at radius 3 is 2.64 bits per heavy atom. The second-order valence-corrected chi connectivity index (χ2v) is 5.56. The quantitative estimate of drug-likeness (QED) is 0.754. The van der Waals surface area contributed by atoms with Crippen LogP contribution >= 0.6 is 47.8 Å². The largest absolute Gasteiger partial charge is 0.263 e. The summed E-state index contributed by atoms with van der Waals surface area (Å²) in [5.74, 6) is 0. The maximum atomic E-state index is 4.00. The molecule has 4 heteroatoms. The van der Waals surface area contributed by atoms with E-state index in [1.807, 2.05) is 12.1 Å². The Labute approximate surface area is 90.3 Å². The highest BCUT2D eigenvalue weighted by molar-refractivity contribution is 9.28. The highest BCUT2D eigenvalue weighted by Gasteiger charge is 1.90. The minimum absolute atomic E-state index is 0.907. The fourth-order valence-corrected chi connectivity index (χ4v) is 1.54. The number of hydrogen-bond donors (Lipinski definition) is 0. The summed E-state index contributed by atoms with van der Waals surface area (Å²) < 4.78 is 1.89. The van der Waals surface area contributed by atoms with E-state index in [1.165, 1.54) is 0 Å². The third-order valence-corrected chi connectivity index (χ3v) is 1.89. The molecule has 1 aromatic heterocycles. The fraction of sp³-hybridized carbons (Fsp3) is 0. The summed E-state index contributed by atoms with van der Waals surface area (Å²) in [4.78, 5) is 4.00. The molecule has 1 rings (SSSR count). The first-order chi connectivity index (χ1) is 5.18. The molecular formula is C7H4Br3N. The molecule has 0 N–H and O–H groups in total. The first kappa shape index (κ1) is 9.42. The zero-order chi connectivity index (χ0) is 8.27. The van der Waals surface area contributed by atoms with Gasteiger partial charge in [0.15, 0.2) is 0 Å². The van der Waals surface area contributed by atoms with Gasteiger partial charge in [-0.25, -0.2) is 0 Å². The topological polar surface area (TPSA) is 12.9 Å². The molecule has 0 aliphatic carbocycles. The van der Waals surface area contributed by atoms with E-state index in [9.17, 15) is 0 Å². The van der Waals surface area contributed by atoms with Gasteiger partial charge < -0.3 is 0 Å². The van der Waals surface area contributed by atoms with Gasteiger partial charge in [0.2, 0.25) is 0 Å². The molecule has 0 atom stereocenters. The Balaban J connectivity index is 2.97. The van der Waals surface area contributed by atoms with Gasteiger partial charge in [-0.1, -0.05) is 0 Å². The second-order valence-electron chi connectivity index (χ2n) is 1.87. The van der Waals surface area contributed by atoms with Gasteiger partial charge in [-0.15, -0.1) is 0 Å². The van der Waals surface area contributed by atoms with Gasteiger partial charge in [-0.2, -0.15) is 0 Å². The average molecular weight is 342 g/mol. The number of rotatable bonds is 1. The number of pyridine rings is 1. The highest BCUT2D eigenvalue weighted by atomic mass is 79.9. The van der Waals surface area contributed by atoms with Crippen molar-refractivity contribution in [3.05, 3.63) is 31.9 Å². The minimum atomic E-state index is 0.907. The SMILES string of the molecule is BrC(Br)=Cc1cncc(Br)c1. The Kier molecular flexibility index (Phi) is 3.75. The van der Waals surface area contributed by atoms with E-state index in [1.54, 1.807) is 12.4 Å². The molecule has 0 bridgehead atoms. The molecule has 1 nitrogen and oxygen atoms in total. The second kappa shape index (κ2) is 4.38. The molecule has 0 radical (unpaired) electrons. The lowest BCUT2D eigenvalue weighted by atomic mass is 10.3. The first-order valence-corrected chi connectivity index (χ1v) is 5.19. The molecular weight excluding hydrogens is 338 g/mol. The van der Waals surface area contributed by atoms with Crippen LogP contribution in [0.5, 0.6) is 0 Å². The Morgan fingerprint density at radius 2 is 2.09 bits per heavy atom. The van der Waals surface area contributed by atoms with Gasteiger partial charge in [-0.05, 0) is 65.5 Å². The lowest BCUT2D eigenvalue weighted by Gasteiger charge is -1.92. The van der Waals surface area contributed by atoms with Crippen LogP contribution in [0.15, 0.2) is 26.3 Å². The molecule has 58 valence electrons. The molecule has 0 aliphatic heterocycles. The van der Waals surface area contributed by atoms with Gasteiger partial charge in [-0.3, -0.25) is 4.98 Å². The maximum Gasteiger partial charge on any atom is 0.0610 e. The summed E-state index contributed by atoms with van der Waals surface area (Å²) in [6.45, 7) is 0. The van der Waals surface area contributed by atoms with E-state index < -0.39 is 0 Å². The van der Waals surface area contributed by atoms with Gasteiger partial charge in [0.25, 0.3) is 0 Å². The Bertz CT molecular complexity index is 279. The van der Waals surface area contributed by atoms with Gasteiger partial charge in [0, 0.05) is 16.9 Å². The third-order valence-electron chi connectivity index (χ3n) is 1.00. The van der Waals surface area contributed by atoms with E-state index in [0.717, 1.165) is 13.4 Å². The lowest BCUT2D eigenvalue weighted by molar-refractivity contribution is 1.30. The molecule has 0 saturated carbocycles. The van der Waals surface area contributed by atoms with E-state index in [-0.39, 0.29) is 0 Å². The Morgan fingerprint density at radius 1 is 1.36 bits per heavy atom. The molecule has 11 heavy (non-hydrogen) atoms. The van der Waals surface area contributed by atoms with Crippen LogP contribution in [-0.2, 0) is 0 Å². The van der Waals surface area contributed by atoms with Crippen molar-refractivity contribution in [3.63, 3.8) is 0 Å². The summed E-state index contributed by atoms with van der Waals surface area (Å²) in [6.07, 6.45) is 5.46. The molecule has 0 aliphatic rings. The van der Waals surface area contributed by atoms with Crippen LogP contribution in [-0.4, -0.2) is 4.98 Å². The van der Waals surface area contributed by atoms with Crippen molar-refractivity contribution in [2.75, 3.05) is 0 Å². The first-order valence-electron chi connectivity index (χ1n) is 2.82. The van der Waals surface area contributed by atoms with Gasteiger partial charge in [0.1, 0.15) is 0 Å². The van der Waals surface area contributed by atoms with E-state index in [0.29, 0.717) is 0 Å². The number of aromatic nitrogens is 1. The van der Waals surface area contributed by atoms with Crippen LogP contribution in [0.4, 0.5) is 0 Å². The summed E-state index contributed by atoms with van der Waals surface area (Å²) in [5, 5.41) is 0. The molecule has 0 amide bonds. The van der Waals surface area contributed by atoms with Crippen LogP contribution in [0, 0.1) is 0 Å². The predicted molar refractivity (Wildman–Crippen MR) is 57.8 cm³/mol. The third kappa shape index (κ3) is 3.49. The number of halogens is 3. The van der Waals surface area contributed by atoms with Crippen molar-refractivity contribution in [2.45, 2.75) is 0 Å². The summed E-state index contributed by atoms with van der Waals surface area (Å²) in [5.41, 5.74) is 1.04. The van der Waals surface area contributed by atoms with E-state index in [2.05, 4.69) is 52.8 Å². The van der Waals surface area contributed by atoms with Crippen LogP contribution in [0.1, 0.15) is 5.56 Å². The van der Waals surface area contributed by atoms with Crippen molar-refractivity contribution in [3.8, 4) is 0 Å². The van der Waals surface area contributed by atoms with Crippen molar-refractivity contribution >= 4 is 53.9 Å². The predicted octanol–water partition coefficient (Wildman–Crippen LogP) is 3.93. The zero-order valence-corrected chi connectivity index (χ0v) is 10.1. The summed E-state index contributed by atoms with van der Waals surface area (Å²) in [7, 11) is 0. The average Bonchev–Trinajstić information content (AvgIpc) is 1.85. The van der Waals surface area contributed by atoms with Crippen molar-refractivity contribution in [2.24, 2.45) is 0 Å². The molecule has 0 aromatic carbocycles. The molecule has 0 spiro atoms. The molecule has 0 saturated heterocycles. The van der Waals surface area contributed by atoms with E-state index in [4.69, 9.17) is 0 Å². The normalized spacial score (nSPS) is 9.36. The van der Waals surface area contributed by atoms with Crippen molar-refractivity contribution in [1.29, 1.82) is 0 Å².